The molecule has 0 aromatic carbocycles. The van der Waals surface area contributed by atoms with Crippen molar-refractivity contribution in [1.82, 2.24) is 0 Å². The van der Waals surface area contributed by atoms with Crippen molar-refractivity contribution in [3.05, 3.63) is 0 Å². The minimum atomic E-state index is -0.851. The van der Waals surface area contributed by atoms with E-state index in [1.54, 1.807) is 34.6 Å². The van der Waals surface area contributed by atoms with Gasteiger partial charge >= 0.3 is 103 Å². The summed E-state index contributed by atoms with van der Waals surface area (Å²) < 4.78 is 127. The molecule has 44 heteroatoms. The van der Waals surface area contributed by atoms with Crippen LogP contribution in [-0.2, 0) is 166 Å². The van der Waals surface area contributed by atoms with E-state index in [2.05, 4.69) is 40.1 Å². The summed E-state index contributed by atoms with van der Waals surface area (Å²) in [7, 11) is 0. The fourth-order valence-corrected chi connectivity index (χ4v) is 10.5. The number of esters is 9. The van der Waals surface area contributed by atoms with Gasteiger partial charge in [-0.1, -0.05) is 75.2 Å². The van der Waals surface area contributed by atoms with Gasteiger partial charge in [0.05, 0.1) is 76.4 Å². The Morgan fingerprint density at radius 3 is 0.950 bits per heavy atom. The molecule has 10 atom stereocenters. The van der Waals surface area contributed by atoms with Crippen molar-refractivity contribution in [3.8, 4) is 0 Å². The van der Waals surface area contributed by atoms with E-state index < -0.39 is 147 Å². The largest absolute Gasteiger partial charge is 0.509 e. The average molecular weight is 2030 g/mol. The van der Waals surface area contributed by atoms with E-state index in [9.17, 15) is 81.5 Å². The van der Waals surface area contributed by atoms with E-state index in [0.717, 1.165) is 70.6 Å². The monoisotopic (exact) mass is 2030 g/mol. The third kappa shape index (κ3) is 50.7. The van der Waals surface area contributed by atoms with Crippen LogP contribution < -0.4 is 0 Å². The Kier molecular flexibility index (Phi) is 57.7. The Morgan fingerprint density at radius 1 is 0.291 bits per heavy atom. The first-order chi connectivity index (χ1) is 65.8. The molecule has 44 nitrogen and oxygen atoms in total. The quantitative estimate of drug-likeness (QED) is 0.0336. The predicted octanol–water partition coefficient (Wildman–Crippen LogP) is 15.6. The Hall–Kier alpha value is -10.7. The topological polar surface area (TPSA) is 550 Å². The number of rotatable bonds is 48. The van der Waals surface area contributed by atoms with Crippen LogP contribution >= 0.6 is 0 Å². The van der Waals surface area contributed by atoms with Gasteiger partial charge in [-0.2, -0.15) is 0 Å². The van der Waals surface area contributed by atoms with E-state index >= 15 is 0 Å². The molecule has 0 radical (unpaired) electrons. The minimum absolute atomic E-state index is 0.0288. The van der Waals surface area contributed by atoms with Gasteiger partial charge in [0.2, 0.25) is 0 Å². The van der Waals surface area contributed by atoms with Gasteiger partial charge in [-0.05, 0) is 220 Å². The number of aliphatic hydroxyl groups excluding tert-OH is 1. The van der Waals surface area contributed by atoms with Crippen molar-refractivity contribution in [2.24, 2.45) is 43.3 Å². The van der Waals surface area contributed by atoms with Crippen molar-refractivity contribution < 1.29 is 210 Å². The zero-order valence-electron chi connectivity index (χ0n) is 87.7. The lowest BCUT2D eigenvalue weighted by Gasteiger charge is -2.24. The van der Waals surface area contributed by atoms with Gasteiger partial charge in [0, 0.05) is 0 Å². The zero-order chi connectivity index (χ0) is 107. The average Bonchev–Trinajstić information content (AvgIpc) is 1.76. The summed E-state index contributed by atoms with van der Waals surface area (Å²) in [6.07, 6.45) is 4.84. The summed E-state index contributed by atoms with van der Waals surface area (Å²) in [5.41, 5.74) is -4.86. The lowest BCUT2D eigenvalue weighted by atomic mass is 9.90. The zero-order valence-corrected chi connectivity index (χ0v) is 87.7. The molecule has 8 heterocycles. The number of hydrogen-bond acceptors (Lipinski definition) is 44. The molecule has 0 aliphatic carbocycles. The fourth-order valence-electron chi connectivity index (χ4n) is 10.5. The van der Waals surface area contributed by atoms with Crippen LogP contribution in [0.4, 0.5) is 38.4 Å². The highest BCUT2D eigenvalue weighted by Crippen LogP contribution is 2.32. The van der Waals surface area contributed by atoms with Gasteiger partial charge in [0.15, 0.2) is 48.8 Å². The molecular weight excluding hydrogens is 1870 g/mol. The second-order valence-corrected chi connectivity index (χ2v) is 39.4. The third-order valence-electron chi connectivity index (χ3n) is 24.1. The highest BCUT2D eigenvalue weighted by atomic mass is 16.8. The Labute approximate surface area is 827 Å². The molecule has 812 valence electrons. The Bertz CT molecular complexity index is 3920. The summed E-state index contributed by atoms with van der Waals surface area (Å²) in [6, 6.07) is 0. The van der Waals surface area contributed by atoms with Crippen LogP contribution in [0.25, 0.3) is 0 Å². The number of unbranched alkanes of at least 4 members (excludes halogenated alkanes) is 4. The lowest BCUT2D eigenvalue weighted by Crippen LogP contribution is -2.37. The Morgan fingerprint density at radius 2 is 0.596 bits per heavy atom. The van der Waals surface area contributed by atoms with E-state index in [1.807, 2.05) is 138 Å². The second kappa shape index (κ2) is 63.4. The van der Waals surface area contributed by atoms with Gasteiger partial charge in [-0.15, -0.1) is 0 Å². The van der Waals surface area contributed by atoms with Gasteiger partial charge in [0.25, 0.3) is 0 Å². The van der Waals surface area contributed by atoms with Crippen molar-refractivity contribution in [2.75, 3.05) is 119 Å². The summed E-state index contributed by atoms with van der Waals surface area (Å²) in [6.45, 7) is 50.2. The molecule has 8 aliphatic rings. The molecule has 8 rings (SSSR count). The molecule has 0 spiro atoms. The predicted molar refractivity (Wildman–Crippen MR) is 493 cm³/mol. The SMILES string of the molecule is CCC(C)(C)C(=O)OCC(=O)OCC1COC(=O)O1.CCC(C)(C)C(=O)OCC1(C)COC(=O)O1.CCC(C)(C)C(=O)OCC1COC(=O)O1.CCC(C)(C)C(=O)OCC1OC(=O)OC1CO.CCC(C)(C)C(=O)OCCCC1COC(=O)O1.CCC(C)(C)C(=O)OCCCCCC1COC(=O)O1.CCC(C)(C)C(=O)OCCOCC1COC(=O)O1.CCCCCC1OC(=O)OC1COC(=O)C(C)(C)CC. The first-order valence-electron chi connectivity index (χ1n) is 48.3. The fraction of sp³-hybridized carbons (Fsp3) is 0.825. The van der Waals surface area contributed by atoms with E-state index in [1.165, 1.54) is 0 Å². The molecule has 8 saturated heterocycles. The van der Waals surface area contributed by atoms with Crippen molar-refractivity contribution in [3.63, 3.8) is 0 Å². The summed E-state index contributed by atoms with van der Waals surface area (Å²) in [5, 5.41) is 8.93. The minimum Gasteiger partial charge on any atom is -0.465 e. The van der Waals surface area contributed by atoms with E-state index in [-0.39, 0.29) is 152 Å². The number of cyclic esters (lactones) is 16. The highest BCUT2D eigenvalue weighted by Gasteiger charge is 2.44. The molecule has 0 aromatic rings. The normalized spacial score (nSPS) is 21.0. The van der Waals surface area contributed by atoms with Crippen LogP contribution in [0, 0.1) is 43.3 Å². The molecule has 8 fully saturated rings. The molecule has 0 amide bonds. The maximum atomic E-state index is 11.9. The number of carbonyl (C=O) groups excluding carboxylic acids is 17. The number of aliphatic hydroxyl groups is 1. The molecule has 0 aromatic heterocycles. The lowest BCUT2D eigenvalue weighted by molar-refractivity contribution is -0.165. The van der Waals surface area contributed by atoms with Gasteiger partial charge in [-0.3, -0.25) is 38.4 Å². The van der Waals surface area contributed by atoms with Crippen LogP contribution in [0.5, 0.6) is 0 Å². The Balaban J connectivity index is 0.000000807. The standard InChI is InChI=1S/C15H26O5.C14H24O5.C12H18O7.C12H20O6.C12H20O5.C11H18O6.C11H18O5.C10H16O5/c1-5-7-8-9-11-12(20-14(17)19-11)10-18-13(16)15(3,4)6-2;1-4-14(2,3)12(15)17-9-7-5-6-8-11-10-18-13(16)19-11;1-4-12(2,3)10(14)17-7-9(13)16-5-8-6-18-11(15)19-8;1-4-12(2,3)10(13)16-6-5-15-7-9-8-17-11(14)18-9;1-4-12(2,3)10(13)15-7-5-6-9-8-16-11(14)17-9;1-4-11(2,3)9(13)15-6-8-7(5-12)16-10(14)17-8;1-5-10(2,3)8(12)14-6-11(4)7-15-9(13)16-11;1-4-10(2,3)8(11)13-5-7-6-14-9(12)15-7/h11-12H,5-10H2,1-4H3;11H,4-10H2,1-3H3;8H,4-7H2,1-3H3;9H,4-8H2,1-3H3;9H,4-8H2,1-3H3;7-8,12H,4-6H2,1-3H3;5-7H2,1-4H3;7H,4-6H2,1-3H3. The molecule has 141 heavy (non-hydrogen) atoms. The number of ether oxygens (including phenoxy) is 26. The van der Waals surface area contributed by atoms with Crippen LogP contribution in [0.3, 0.4) is 0 Å². The van der Waals surface area contributed by atoms with Crippen LogP contribution in [0.2, 0.25) is 0 Å². The molecule has 1 N–H and O–H groups in total. The van der Waals surface area contributed by atoms with E-state index in [4.69, 9.17) is 95.1 Å². The van der Waals surface area contributed by atoms with Crippen LogP contribution in [0.15, 0.2) is 0 Å². The molecule has 8 aliphatic heterocycles. The highest BCUT2D eigenvalue weighted by molar-refractivity contribution is 5.81. The molecular formula is C97H160O44. The van der Waals surface area contributed by atoms with Crippen LogP contribution in [-0.4, -0.2) is 288 Å². The maximum Gasteiger partial charge on any atom is 0.509 e. The molecule has 0 bridgehead atoms. The number of carbonyl (C=O) groups is 17. The van der Waals surface area contributed by atoms with Gasteiger partial charge in [-0.25, -0.2) is 43.2 Å². The maximum absolute atomic E-state index is 11.9. The smallest absolute Gasteiger partial charge is 0.465 e. The van der Waals surface area contributed by atoms with Crippen molar-refractivity contribution >= 4 is 103 Å². The van der Waals surface area contributed by atoms with E-state index in [0.29, 0.717) is 71.4 Å². The van der Waals surface area contributed by atoms with Gasteiger partial charge in [0.1, 0.15) is 97.6 Å². The summed E-state index contributed by atoms with van der Waals surface area (Å²) in [4.78, 5) is 190. The number of hydrogen-bond donors (Lipinski definition) is 1. The molecule has 0 saturated carbocycles. The summed E-state index contributed by atoms with van der Waals surface area (Å²) >= 11 is 0. The summed E-state index contributed by atoms with van der Waals surface area (Å²) in [5.74, 6) is -2.90. The second-order valence-electron chi connectivity index (χ2n) is 39.4. The molecule has 10 unspecified atom stereocenters. The first kappa shape index (κ1) is 128. The van der Waals surface area contributed by atoms with Crippen molar-refractivity contribution in [1.29, 1.82) is 0 Å². The third-order valence-corrected chi connectivity index (χ3v) is 24.1. The van der Waals surface area contributed by atoms with Gasteiger partial charge < -0.3 is 128 Å². The first-order valence-corrected chi connectivity index (χ1v) is 48.3. The van der Waals surface area contributed by atoms with Crippen LogP contribution in [0.1, 0.15) is 296 Å². The van der Waals surface area contributed by atoms with Crippen molar-refractivity contribution in [2.45, 2.75) is 356 Å².